The minimum Gasteiger partial charge on any atom is -0.269 e. The van der Waals surface area contributed by atoms with Crippen LogP contribution in [-0.2, 0) is 19.2 Å². The van der Waals surface area contributed by atoms with Crippen molar-refractivity contribution < 1.29 is 24.1 Å². The van der Waals surface area contributed by atoms with Crippen LogP contribution >= 0.6 is 0 Å². The zero-order valence-corrected chi connectivity index (χ0v) is 11.3. The van der Waals surface area contributed by atoms with Crippen LogP contribution in [0.4, 0.5) is 17.1 Å². The van der Waals surface area contributed by atoms with Crippen molar-refractivity contribution in [2.45, 2.75) is 0 Å². The molecule has 0 spiro atoms. The Bertz CT molecular complexity index is 818. The quantitative estimate of drug-likeness (QED) is 0.454. The molecular weight excluding hydrogens is 306 g/mol. The summed E-state index contributed by atoms with van der Waals surface area (Å²) in [6.07, 6.45) is 4.08. The van der Waals surface area contributed by atoms with E-state index in [4.69, 9.17) is 0 Å². The van der Waals surface area contributed by atoms with Gasteiger partial charge in [-0.15, -0.1) is 0 Å². The number of nitro benzene ring substituents is 1. The van der Waals surface area contributed by atoms with Crippen molar-refractivity contribution in [2.75, 3.05) is 9.80 Å². The summed E-state index contributed by atoms with van der Waals surface area (Å²) < 4.78 is 0. The number of amides is 4. The molecule has 9 heteroatoms. The molecule has 114 valence electrons. The molecule has 0 fully saturated rings. The van der Waals surface area contributed by atoms with Crippen LogP contribution in [0.3, 0.4) is 0 Å². The van der Waals surface area contributed by atoms with Crippen LogP contribution in [0.2, 0.25) is 0 Å². The molecule has 0 aromatic heterocycles. The summed E-state index contributed by atoms with van der Waals surface area (Å²) in [4.78, 5) is 58.5. The summed E-state index contributed by atoms with van der Waals surface area (Å²) in [5.74, 6) is -2.68. The van der Waals surface area contributed by atoms with Gasteiger partial charge in [-0.1, -0.05) is 0 Å². The first-order chi connectivity index (χ1) is 10.9. The maximum atomic E-state index is 11.7. The van der Waals surface area contributed by atoms with Crippen LogP contribution in [0, 0.1) is 10.1 Å². The van der Waals surface area contributed by atoms with Crippen molar-refractivity contribution in [2.24, 2.45) is 0 Å². The van der Waals surface area contributed by atoms with Gasteiger partial charge in [0.15, 0.2) is 0 Å². The Morgan fingerprint density at radius 3 is 1.74 bits per heavy atom. The molecule has 0 atom stereocenters. The van der Waals surface area contributed by atoms with Crippen molar-refractivity contribution in [3.8, 4) is 0 Å². The number of hydrogen-bond acceptors (Lipinski definition) is 6. The highest BCUT2D eigenvalue weighted by Gasteiger charge is 2.33. The third-order valence-electron chi connectivity index (χ3n) is 3.27. The minimum atomic E-state index is -0.795. The van der Waals surface area contributed by atoms with Gasteiger partial charge in [0.25, 0.3) is 29.3 Å². The number of nitrogens with zero attached hydrogens (tertiary/aromatic N) is 3. The van der Waals surface area contributed by atoms with E-state index < -0.39 is 34.2 Å². The van der Waals surface area contributed by atoms with Crippen LogP contribution in [-0.4, -0.2) is 28.6 Å². The fraction of sp³-hybridized carbons (Fsp3) is 0. The van der Waals surface area contributed by atoms with Crippen LogP contribution in [0.25, 0.3) is 0 Å². The van der Waals surface area contributed by atoms with E-state index in [-0.39, 0.29) is 11.4 Å². The van der Waals surface area contributed by atoms with E-state index in [1.54, 1.807) is 0 Å². The number of rotatable bonds is 3. The molecule has 0 bridgehead atoms. The van der Waals surface area contributed by atoms with Gasteiger partial charge in [-0.25, -0.2) is 9.80 Å². The van der Waals surface area contributed by atoms with Crippen LogP contribution in [0.5, 0.6) is 0 Å². The van der Waals surface area contributed by atoms with E-state index in [0.717, 1.165) is 41.3 Å². The second kappa shape index (κ2) is 4.98. The van der Waals surface area contributed by atoms with Crippen molar-refractivity contribution in [3.63, 3.8) is 0 Å². The Balaban J connectivity index is 2.09. The largest absolute Gasteiger partial charge is 0.295 e. The van der Waals surface area contributed by atoms with E-state index in [0.29, 0.717) is 4.90 Å². The second-order valence-electron chi connectivity index (χ2n) is 4.62. The third-order valence-corrected chi connectivity index (χ3v) is 3.27. The topological polar surface area (TPSA) is 118 Å². The fourth-order valence-electron chi connectivity index (χ4n) is 2.28. The van der Waals surface area contributed by atoms with E-state index in [1.807, 2.05) is 0 Å². The lowest BCUT2D eigenvalue weighted by atomic mass is 10.2. The lowest BCUT2D eigenvalue weighted by molar-refractivity contribution is -0.384. The molecule has 4 amide bonds. The van der Waals surface area contributed by atoms with Crippen molar-refractivity contribution in [3.05, 3.63) is 52.6 Å². The van der Waals surface area contributed by atoms with Gasteiger partial charge >= 0.3 is 0 Å². The first-order valence-corrected chi connectivity index (χ1v) is 6.31. The predicted octanol–water partition coefficient (Wildman–Crippen LogP) is 0.454. The standard InChI is InChI=1S/C14H7N3O6/c18-11-3-4-12(19)15(11)8-1-2-9(10(7-8)17(22)23)16-13(20)5-6-14(16)21/h1-7H. The number of benzene rings is 1. The molecule has 0 aliphatic carbocycles. The van der Waals surface area contributed by atoms with Gasteiger partial charge in [-0.05, 0) is 12.1 Å². The fourth-order valence-corrected chi connectivity index (χ4v) is 2.28. The van der Waals surface area contributed by atoms with Gasteiger partial charge in [0, 0.05) is 30.4 Å². The van der Waals surface area contributed by atoms with E-state index in [9.17, 15) is 29.3 Å². The van der Waals surface area contributed by atoms with Crippen molar-refractivity contribution >= 4 is 40.7 Å². The summed E-state index contributed by atoms with van der Waals surface area (Å²) in [6, 6.07) is 3.37. The maximum Gasteiger partial charge on any atom is 0.295 e. The summed E-state index contributed by atoms with van der Waals surface area (Å²) >= 11 is 0. The first-order valence-electron chi connectivity index (χ1n) is 6.31. The first kappa shape index (κ1) is 14.3. The molecule has 1 aromatic rings. The molecule has 23 heavy (non-hydrogen) atoms. The Kier molecular flexibility index (Phi) is 3.10. The number of carbonyl (C=O) groups excluding carboxylic acids is 4. The zero-order valence-electron chi connectivity index (χ0n) is 11.3. The summed E-state index contributed by atoms with van der Waals surface area (Å²) in [7, 11) is 0. The number of nitro groups is 1. The summed E-state index contributed by atoms with van der Waals surface area (Å²) in [6.45, 7) is 0. The Labute approximate surface area is 128 Å². The molecule has 2 aliphatic heterocycles. The van der Waals surface area contributed by atoms with Crippen molar-refractivity contribution in [1.82, 2.24) is 0 Å². The lowest BCUT2D eigenvalue weighted by Gasteiger charge is -2.17. The van der Waals surface area contributed by atoms with Gasteiger partial charge in [0.2, 0.25) is 0 Å². The highest BCUT2D eigenvalue weighted by molar-refractivity contribution is 6.30. The molecule has 1 aromatic carbocycles. The summed E-state index contributed by atoms with van der Waals surface area (Å²) in [5.41, 5.74) is -0.821. The highest BCUT2D eigenvalue weighted by atomic mass is 16.6. The molecular formula is C14H7N3O6. The van der Waals surface area contributed by atoms with Gasteiger partial charge in [-0.3, -0.25) is 29.3 Å². The lowest BCUT2D eigenvalue weighted by Crippen LogP contribution is -2.31. The summed E-state index contributed by atoms with van der Waals surface area (Å²) in [5, 5.41) is 11.3. The second-order valence-corrected chi connectivity index (χ2v) is 4.62. The van der Waals surface area contributed by atoms with Crippen LogP contribution in [0.15, 0.2) is 42.5 Å². The van der Waals surface area contributed by atoms with Gasteiger partial charge in [0.1, 0.15) is 5.69 Å². The number of hydrogen-bond donors (Lipinski definition) is 0. The van der Waals surface area contributed by atoms with E-state index in [2.05, 4.69) is 0 Å². The number of imide groups is 2. The van der Waals surface area contributed by atoms with Gasteiger partial charge in [0.05, 0.1) is 10.6 Å². The Morgan fingerprint density at radius 2 is 1.26 bits per heavy atom. The molecule has 0 unspecified atom stereocenters. The SMILES string of the molecule is O=C1C=CC(=O)N1c1ccc(N2C(=O)C=CC2=O)c([N+](=O)[O-])c1. The number of carbonyl (C=O) groups is 4. The number of anilines is 2. The van der Waals surface area contributed by atoms with Crippen LogP contribution < -0.4 is 9.80 Å². The van der Waals surface area contributed by atoms with Crippen molar-refractivity contribution in [1.29, 1.82) is 0 Å². The molecule has 0 N–H and O–H groups in total. The highest BCUT2D eigenvalue weighted by Crippen LogP contribution is 2.34. The molecule has 3 rings (SSSR count). The molecule has 2 aliphatic rings. The minimum absolute atomic E-state index is 0.0208. The predicted molar refractivity (Wildman–Crippen MR) is 76.4 cm³/mol. The molecule has 0 radical (unpaired) electrons. The molecule has 0 saturated heterocycles. The van der Waals surface area contributed by atoms with Gasteiger partial charge < -0.3 is 0 Å². The monoisotopic (exact) mass is 313 g/mol. The maximum absolute atomic E-state index is 11.7. The Morgan fingerprint density at radius 1 is 0.783 bits per heavy atom. The van der Waals surface area contributed by atoms with E-state index in [1.165, 1.54) is 6.07 Å². The van der Waals surface area contributed by atoms with E-state index >= 15 is 0 Å². The smallest absolute Gasteiger partial charge is 0.269 e. The van der Waals surface area contributed by atoms with Crippen LogP contribution in [0.1, 0.15) is 0 Å². The average Bonchev–Trinajstić information content (AvgIpc) is 3.01. The normalized spacial score (nSPS) is 16.9. The molecule has 2 heterocycles. The molecule has 9 nitrogen and oxygen atoms in total. The third kappa shape index (κ3) is 2.20. The van der Waals surface area contributed by atoms with Gasteiger partial charge in [-0.2, -0.15) is 0 Å². The average molecular weight is 313 g/mol. The zero-order chi connectivity index (χ0) is 16.7. The Hall–Kier alpha value is -3.62. The molecule has 0 saturated carbocycles.